The number of benzene rings is 1. The molecular formula is C21H25N5O2. The predicted molar refractivity (Wildman–Crippen MR) is 105 cm³/mol. The first-order chi connectivity index (χ1) is 13.4. The highest BCUT2D eigenvalue weighted by Crippen LogP contribution is 2.38. The first kappa shape index (κ1) is 18.4. The van der Waals surface area contributed by atoms with Crippen molar-refractivity contribution in [3.05, 3.63) is 41.1 Å². The van der Waals surface area contributed by atoms with E-state index in [1.54, 1.807) is 0 Å². The molecule has 0 atom stereocenters. The molecule has 4 rings (SSSR count). The van der Waals surface area contributed by atoms with E-state index in [-0.39, 0.29) is 17.7 Å². The average Bonchev–Trinajstić information content (AvgIpc) is 3.25. The molecule has 2 aromatic heterocycles. The number of carbonyl (C=O) groups excluding carboxylic acids is 1. The van der Waals surface area contributed by atoms with Crippen LogP contribution >= 0.6 is 0 Å². The van der Waals surface area contributed by atoms with Gasteiger partial charge < -0.3 is 10.3 Å². The van der Waals surface area contributed by atoms with Crippen LogP contribution in [0.2, 0.25) is 0 Å². The number of primary amides is 1. The maximum absolute atomic E-state index is 11.0. The number of nitrogens with two attached hydrogens (primary N) is 1. The van der Waals surface area contributed by atoms with Crippen molar-refractivity contribution in [2.45, 2.75) is 53.0 Å². The zero-order valence-electron chi connectivity index (χ0n) is 16.5. The van der Waals surface area contributed by atoms with E-state index in [9.17, 15) is 4.79 Å². The fourth-order valence-electron chi connectivity index (χ4n) is 3.84. The van der Waals surface area contributed by atoms with Crippen molar-refractivity contribution < 1.29 is 9.32 Å². The van der Waals surface area contributed by atoms with E-state index in [0.29, 0.717) is 11.7 Å². The predicted octanol–water partition coefficient (Wildman–Crippen LogP) is 3.16. The molecule has 0 unspecified atom stereocenters. The molecule has 28 heavy (non-hydrogen) atoms. The lowest BCUT2D eigenvalue weighted by Gasteiger charge is -2.30. The summed E-state index contributed by atoms with van der Waals surface area (Å²) in [6.45, 7) is 7.52. The van der Waals surface area contributed by atoms with Gasteiger partial charge in [-0.15, -0.1) is 0 Å². The standard InChI is InChI=1S/C21H25N5O2/c1-4-26-16-12-21(2,3)10-9-15(16)18(24-26)20-23-19(25-28-20)14-7-5-13(6-8-14)11-17(22)27/h5-8H,4,9-12H2,1-3H3,(H2,22,27). The summed E-state index contributed by atoms with van der Waals surface area (Å²) in [6, 6.07) is 7.45. The normalized spacial score (nSPS) is 15.4. The minimum Gasteiger partial charge on any atom is -0.369 e. The van der Waals surface area contributed by atoms with Gasteiger partial charge in [-0.05, 0) is 37.2 Å². The molecular weight excluding hydrogens is 354 g/mol. The average molecular weight is 379 g/mol. The third kappa shape index (κ3) is 3.44. The Bertz CT molecular complexity index is 1010. The summed E-state index contributed by atoms with van der Waals surface area (Å²) in [4.78, 5) is 15.6. The van der Waals surface area contributed by atoms with Gasteiger partial charge in [0.15, 0.2) is 5.69 Å². The lowest BCUT2D eigenvalue weighted by molar-refractivity contribution is -0.117. The van der Waals surface area contributed by atoms with Gasteiger partial charge in [-0.25, -0.2) is 0 Å². The van der Waals surface area contributed by atoms with Gasteiger partial charge in [0.1, 0.15) is 0 Å². The Morgan fingerprint density at radius 3 is 2.71 bits per heavy atom. The molecule has 1 amide bonds. The van der Waals surface area contributed by atoms with Crippen LogP contribution in [0, 0.1) is 5.41 Å². The van der Waals surface area contributed by atoms with Gasteiger partial charge in [0.2, 0.25) is 11.7 Å². The monoisotopic (exact) mass is 379 g/mol. The molecule has 0 fully saturated rings. The third-order valence-electron chi connectivity index (χ3n) is 5.38. The molecule has 3 aromatic rings. The van der Waals surface area contributed by atoms with Crippen LogP contribution < -0.4 is 5.73 Å². The second-order valence-electron chi connectivity index (χ2n) is 8.19. The fraction of sp³-hybridized carbons (Fsp3) is 0.429. The third-order valence-corrected chi connectivity index (χ3v) is 5.38. The summed E-state index contributed by atoms with van der Waals surface area (Å²) in [6.07, 6.45) is 3.31. The fourth-order valence-corrected chi connectivity index (χ4v) is 3.84. The topological polar surface area (TPSA) is 99.8 Å². The molecule has 2 heterocycles. The van der Waals surface area contributed by atoms with Crippen LogP contribution in [-0.4, -0.2) is 25.8 Å². The van der Waals surface area contributed by atoms with Crippen molar-refractivity contribution in [3.8, 4) is 23.0 Å². The second-order valence-corrected chi connectivity index (χ2v) is 8.19. The lowest BCUT2D eigenvalue weighted by atomic mass is 9.76. The Morgan fingerprint density at radius 1 is 1.29 bits per heavy atom. The highest BCUT2D eigenvalue weighted by molar-refractivity contribution is 5.76. The summed E-state index contributed by atoms with van der Waals surface area (Å²) in [5, 5.41) is 8.91. The quantitative estimate of drug-likeness (QED) is 0.734. The zero-order chi connectivity index (χ0) is 19.9. The number of amides is 1. The molecule has 1 aliphatic rings. The highest BCUT2D eigenvalue weighted by atomic mass is 16.5. The van der Waals surface area contributed by atoms with Gasteiger partial charge in [-0.3, -0.25) is 9.48 Å². The summed E-state index contributed by atoms with van der Waals surface area (Å²) in [7, 11) is 0. The smallest absolute Gasteiger partial charge is 0.279 e. The number of nitrogens with zero attached hydrogens (tertiary/aromatic N) is 4. The number of aryl methyl sites for hydroxylation is 1. The summed E-state index contributed by atoms with van der Waals surface area (Å²) in [5.41, 5.74) is 10.5. The summed E-state index contributed by atoms with van der Waals surface area (Å²) in [5.74, 6) is 0.616. The van der Waals surface area contributed by atoms with E-state index < -0.39 is 0 Å². The van der Waals surface area contributed by atoms with Crippen LogP contribution in [0.15, 0.2) is 28.8 Å². The Hall–Kier alpha value is -2.96. The maximum atomic E-state index is 11.0. The minimum atomic E-state index is -0.353. The van der Waals surface area contributed by atoms with E-state index in [2.05, 4.69) is 35.6 Å². The lowest BCUT2D eigenvalue weighted by Crippen LogP contribution is -2.24. The molecule has 1 aromatic carbocycles. The summed E-state index contributed by atoms with van der Waals surface area (Å²) >= 11 is 0. The number of fused-ring (bicyclic) bond motifs is 1. The molecule has 2 N–H and O–H groups in total. The van der Waals surface area contributed by atoms with Crippen molar-refractivity contribution in [2.75, 3.05) is 0 Å². The zero-order valence-corrected chi connectivity index (χ0v) is 16.5. The van der Waals surface area contributed by atoms with Gasteiger partial charge in [0.25, 0.3) is 5.89 Å². The van der Waals surface area contributed by atoms with Gasteiger partial charge >= 0.3 is 0 Å². The number of carbonyl (C=O) groups is 1. The van der Waals surface area contributed by atoms with Gasteiger partial charge in [0.05, 0.1) is 6.42 Å². The molecule has 0 saturated carbocycles. The van der Waals surface area contributed by atoms with Gasteiger partial charge in [0, 0.05) is 23.4 Å². The number of rotatable bonds is 5. The molecule has 7 nitrogen and oxygen atoms in total. The molecule has 0 saturated heterocycles. The van der Waals surface area contributed by atoms with Crippen molar-refractivity contribution in [1.29, 1.82) is 0 Å². The first-order valence-electron chi connectivity index (χ1n) is 9.66. The van der Waals surface area contributed by atoms with Crippen LogP contribution in [0.1, 0.15) is 44.0 Å². The molecule has 146 valence electrons. The number of hydrogen-bond acceptors (Lipinski definition) is 5. The maximum Gasteiger partial charge on any atom is 0.279 e. The minimum absolute atomic E-state index is 0.217. The van der Waals surface area contributed by atoms with Gasteiger partial charge in [-0.1, -0.05) is 43.3 Å². The number of hydrogen-bond donors (Lipinski definition) is 1. The molecule has 0 bridgehead atoms. The van der Waals surface area contributed by atoms with Crippen LogP contribution in [-0.2, 0) is 30.6 Å². The number of aromatic nitrogens is 4. The van der Waals surface area contributed by atoms with E-state index in [0.717, 1.165) is 42.6 Å². The van der Waals surface area contributed by atoms with Crippen molar-refractivity contribution in [2.24, 2.45) is 11.1 Å². The van der Waals surface area contributed by atoms with Crippen molar-refractivity contribution >= 4 is 5.91 Å². The van der Waals surface area contributed by atoms with E-state index in [1.807, 2.05) is 24.3 Å². The van der Waals surface area contributed by atoms with Crippen LogP contribution in [0.4, 0.5) is 0 Å². The van der Waals surface area contributed by atoms with E-state index in [1.165, 1.54) is 11.3 Å². The first-order valence-corrected chi connectivity index (χ1v) is 9.66. The van der Waals surface area contributed by atoms with E-state index in [4.69, 9.17) is 15.4 Å². The van der Waals surface area contributed by atoms with Gasteiger partial charge in [-0.2, -0.15) is 10.1 Å². The molecule has 0 aliphatic heterocycles. The van der Waals surface area contributed by atoms with Crippen molar-refractivity contribution in [3.63, 3.8) is 0 Å². The molecule has 7 heteroatoms. The molecule has 1 aliphatic carbocycles. The Balaban J connectivity index is 1.65. The highest BCUT2D eigenvalue weighted by Gasteiger charge is 2.32. The Kier molecular flexibility index (Phi) is 4.53. The van der Waals surface area contributed by atoms with Crippen molar-refractivity contribution in [1.82, 2.24) is 19.9 Å². The SMILES string of the molecule is CCn1nc(-c2nc(-c3ccc(CC(N)=O)cc3)no2)c2c1CC(C)(C)CC2. The van der Waals surface area contributed by atoms with E-state index >= 15 is 0 Å². The second kappa shape index (κ2) is 6.89. The van der Waals surface area contributed by atoms with Crippen LogP contribution in [0.5, 0.6) is 0 Å². The largest absolute Gasteiger partial charge is 0.369 e. The summed E-state index contributed by atoms with van der Waals surface area (Å²) < 4.78 is 7.63. The van der Waals surface area contributed by atoms with Crippen LogP contribution in [0.25, 0.3) is 23.0 Å². The van der Waals surface area contributed by atoms with Crippen LogP contribution in [0.3, 0.4) is 0 Å². The Labute approximate surface area is 163 Å². The Morgan fingerprint density at radius 2 is 2.04 bits per heavy atom. The molecule has 0 radical (unpaired) electrons. The molecule has 0 spiro atoms.